The predicted octanol–water partition coefficient (Wildman–Crippen LogP) is 0.812. The molecule has 2 saturated heterocycles. The lowest BCUT2D eigenvalue weighted by Gasteiger charge is -2.45. The monoisotopic (exact) mass is 360 g/mol. The van der Waals surface area contributed by atoms with Gasteiger partial charge in [0.05, 0.1) is 17.3 Å². The topological polar surface area (TPSA) is 123 Å². The van der Waals surface area contributed by atoms with E-state index < -0.39 is 12.2 Å². The summed E-state index contributed by atoms with van der Waals surface area (Å²) in [6, 6.07) is 6.81. The average Bonchev–Trinajstić information content (AvgIpc) is 2.59. The van der Waals surface area contributed by atoms with Crippen LogP contribution in [0.5, 0.6) is 5.75 Å². The van der Waals surface area contributed by atoms with Crippen LogP contribution in [-0.4, -0.2) is 71.5 Å². The van der Waals surface area contributed by atoms with Crippen LogP contribution in [0.2, 0.25) is 0 Å². The number of hydrogen-bond acceptors (Lipinski definition) is 6. The number of anilines is 1. The first-order chi connectivity index (χ1) is 12.4. The van der Waals surface area contributed by atoms with Crippen LogP contribution in [0.4, 0.5) is 10.5 Å². The van der Waals surface area contributed by atoms with Crippen molar-refractivity contribution in [1.82, 2.24) is 9.80 Å². The summed E-state index contributed by atoms with van der Waals surface area (Å²) in [5, 5.41) is 28.3. The zero-order valence-corrected chi connectivity index (χ0v) is 14.5. The van der Waals surface area contributed by atoms with Gasteiger partial charge in [0, 0.05) is 32.7 Å². The summed E-state index contributed by atoms with van der Waals surface area (Å²) in [6.07, 6.45) is -0.463. The molecule has 2 aliphatic rings. The number of fused-ring (bicyclic) bond motifs is 2. The Balaban J connectivity index is 1.48. The number of carbonyl (C=O) groups is 1. The summed E-state index contributed by atoms with van der Waals surface area (Å²) >= 11 is 0. The first-order valence-electron chi connectivity index (χ1n) is 8.75. The van der Waals surface area contributed by atoms with Gasteiger partial charge in [0.15, 0.2) is 0 Å². The number of β-amino-alcohol motifs (C(OH)–C–C–N with tert-alkyl or cyclic N) is 1. The number of aliphatic hydroxyl groups is 1. The summed E-state index contributed by atoms with van der Waals surface area (Å²) in [6.45, 7) is 3.31. The molecule has 2 heterocycles. The Morgan fingerprint density at radius 1 is 1.35 bits per heavy atom. The Labute approximate surface area is 152 Å². The summed E-state index contributed by atoms with van der Waals surface area (Å²) in [7, 11) is 0. The van der Waals surface area contributed by atoms with Gasteiger partial charge in [0.2, 0.25) is 0 Å². The summed E-state index contributed by atoms with van der Waals surface area (Å²) < 4.78 is 5.59. The Morgan fingerprint density at radius 2 is 2.04 bits per heavy atom. The van der Waals surface area contributed by atoms with Gasteiger partial charge in [0.1, 0.15) is 18.5 Å². The summed E-state index contributed by atoms with van der Waals surface area (Å²) in [4.78, 5) is 14.9. The number of nitrogen functional groups attached to an aromatic ring is 1. The van der Waals surface area contributed by atoms with E-state index in [0.29, 0.717) is 48.5 Å². The van der Waals surface area contributed by atoms with Gasteiger partial charge in [-0.1, -0.05) is 0 Å². The fourth-order valence-electron chi connectivity index (χ4n) is 3.98. The predicted molar refractivity (Wildman–Crippen MR) is 94.7 cm³/mol. The molecule has 8 nitrogen and oxygen atoms in total. The van der Waals surface area contributed by atoms with Gasteiger partial charge < -0.3 is 25.6 Å². The van der Waals surface area contributed by atoms with Crippen molar-refractivity contribution in [2.45, 2.75) is 12.5 Å². The van der Waals surface area contributed by atoms with Crippen molar-refractivity contribution in [2.24, 2.45) is 11.8 Å². The molecule has 1 amide bonds. The average molecular weight is 360 g/mol. The molecule has 140 valence electrons. The van der Waals surface area contributed by atoms with Gasteiger partial charge >= 0.3 is 6.09 Å². The number of hydrogen-bond donors (Lipinski definition) is 3. The second-order valence-electron chi connectivity index (χ2n) is 7.20. The van der Waals surface area contributed by atoms with Gasteiger partial charge in [-0.3, -0.25) is 4.90 Å². The highest BCUT2D eigenvalue weighted by Crippen LogP contribution is 2.29. The lowest BCUT2D eigenvalue weighted by atomic mass is 9.85. The number of likely N-dealkylation sites (tertiary alicyclic amines) is 2. The van der Waals surface area contributed by atoms with Crippen LogP contribution in [0.1, 0.15) is 12.0 Å². The highest BCUT2D eigenvalue weighted by Gasteiger charge is 2.36. The maximum absolute atomic E-state index is 11.2. The third-order valence-electron chi connectivity index (χ3n) is 4.97. The van der Waals surface area contributed by atoms with E-state index in [1.807, 2.05) is 6.07 Å². The van der Waals surface area contributed by atoms with E-state index in [-0.39, 0.29) is 6.61 Å². The first kappa shape index (κ1) is 18.3. The molecule has 1 aromatic rings. The molecule has 8 heteroatoms. The third-order valence-corrected chi connectivity index (χ3v) is 4.97. The normalized spacial score (nSPS) is 23.9. The number of rotatable bonds is 5. The van der Waals surface area contributed by atoms with Crippen molar-refractivity contribution in [3.63, 3.8) is 0 Å². The number of ether oxygens (including phenoxy) is 1. The highest BCUT2D eigenvalue weighted by atomic mass is 16.5. The highest BCUT2D eigenvalue weighted by molar-refractivity contribution is 5.65. The molecule has 0 aromatic heterocycles. The van der Waals surface area contributed by atoms with Crippen molar-refractivity contribution < 1.29 is 19.7 Å². The molecule has 0 saturated carbocycles. The zero-order valence-electron chi connectivity index (χ0n) is 14.5. The van der Waals surface area contributed by atoms with E-state index in [4.69, 9.17) is 20.8 Å². The summed E-state index contributed by atoms with van der Waals surface area (Å²) in [5.74, 6) is 1.09. The van der Waals surface area contributed by atoms with Crippen LogP contribution in [0.3, 0.4) is 0 Å². The van der Waals surface area contributed by atoms with Gasteiger partial charge in [-0.05, 0) is 36.5 Å². The van der Waals surface area contributed by atoms with Gasteiger partial charge in [-0.2, -0.15) is 5.26 Å². The smallest absolute Gasteiger partial charge is 0.407 e. The number of amides is 1. The lowest BCUT2D eigenvalue weighted by Crippen LogP contribution is -2.55. The van der Waals surface area contributed by atoms with E-state index in [9.17, 15) is 9.90 Å². The van der Waals surface area contributed by atoms with Gasteiger partial charge in [0.25, 0.3) is 0 Å². The number of piperidine rings is 2. The Kier molecular flexibility index (Phi) is 5.49. The molecule has 1 aromatic carbocycles. The second-order valence-corrected chi connectivity index (χ2v) is 7.20. The summed E-state index contributed by atoms with van der Waals surface area (Å²) in [5.41, 5.74) is 6.68. The van der Waals surface area contributed by atoms with Crippen molar-refractivity contribution in [1.29, 1.82) is 5.26 Å². The standard InChI is InChI=1S/C18H24N4O4/c19-5-12-1-2-17(16(20)4-12)26-11-15(23)10-21-6-13-3-14(7-21)9-22(8-13)18(24)25/h1-2,4,13-15,23H,3,6-11,20H2,(H,24,25). The van der Waals surface area contributed by atoms with Crippen LogP contribution >= 0.6 is 0 Å². The van der Waals surface area contributed by atoms with Crippen molar-refractivity contribution in [3.05, 3.63) is 23.8 Å². The van der Waals surface area contributed by atoms with E-state index >= 15 is 0 Å². The Hall–Kier alpha value is -2.50. The molecule has 3 rings (SSSR count). The molecule has 2 fully saturated rings. The number of nitriles is 1. The van der Waals surface area contributed by atoms with Crippen LogP contribution in [0.15, 0.2) is 18.2 Å². The molecular formula is C18H24N4O4. The minimum absolute atomic E-state index is 0.114. The molecule has 4 N–H and O–H groups in total. The van der Waals surface area contributed by atoms with Crippen molar-refractivity contribution in [3.8, 4) is 11.8 Å². The maximum atomic E-state index is 11.2. The fourth-order valence-corrected chi connectivity index (χ4v) is 3.98. The molecule has 3 atom stereocenters. The fraction of sp³-hybridized carbons (Fsp3) is 0.556. The van der Waals surface area contributed by atoms with Crippen LogP contribution < -0.4 is 10.5 Å². The third kappa shape index (κ3) is 4.36. The van der Waals surface area contributed by atoms with Crippen molar-refractivity contribution in [2.75, 3.05) is 45.1 Å². The minimum Gasteiger partial charge on any atom is -0.489 e. The molecule has 0 radical (unpaired) electrons. The molecule has 2 aliphatic heterocycles. The molecular weight excluding hydrogens is 336 g/mol. The zero-order chi connectivity index (χ0) is 18.7. The van der Waals surface area contributed by atoms with Crippen molar-refractivity contribution >= 4 is 11.8 Å². The Bertz CT molecular complexity index is 691. The molecule has 3 unspecified atom stereocenters. The molecule has 0 spiro atoms. The Morgan fingerprint density at radius 3 is 2.62 bits per heavy atom. The number of benzene rings is 1. The molecule has 2 bridgehead atoms. The quantitative estimate of drug-likeness (QED) is 0.664. The SMILES string of the molecule is N#Cc1ccc(OCC(O)CN2CC3CC(C2)CN(C(=O)O)C3)c(N)c1. The number of carboxylic acid groups (broad SMARTS) is 1. The van der Waals surface area contributed by atoms with Gasteiger partial charge in [-0.15, -0.1) is 0 Å². The largest absolute Gasteiger partial charge is 0.489 e. The first-order valence-corrected chi connectivity index (χ1v) is 8.75. The van der Waals surface area contributed by atoms with Gasteiger partial charge in [-0.25, -0.2) is 4.79 Å². The van der Waals surface area contributed by atoms with E-state index in [2.05, 4.69) is 4.90 Å². The minimum atomic E-state index is -0.846. The number of nitrogens with two attached hydrogens (primary N) is 1. The van der Waals surface area contributed by atoms with E-state index in [1.165, 1.54) is 4.90 Å². The van der Waals surface area contributed by atoms with Crippen LogP contribution in [0, 0.1) is 23.2 Å². The number of aliphatic hydroxyl groups excluding tert-OH is 1. The second kappa shape index (κ2) is 7.81. The van der Waals surface area contributed by atoms with Crippen LogP contribution in [-0.2, 0) is 0 Å². The van der Waals surface area contributed by atoms with E-state index in [0.717, 1.165) is 19.5 Å². The molecule has 26 heavy (non-hydrogen) atoms. The van der Waals surface area contributed by atoms with Crippen LogP contribution in [0.25, 0.3) is 0 Å². The lowest BCUT2D eigenvalue weighted by molar-refractivity contribution is 0.00346. The molecule has 0 aliphatic carbocycles. The maximum Gasteiger partial charge on any atom is 0.407 e. The number of nitrogens with zero attached hydrogens (tertiary/aromatic N) is 3. The van der Waals surface area contributed by atoms with E-state index in [1.54, 1.807) is 18.2 Å².